The second kappa shape index (κ2) is 3.36. The topological polar surface area (TPSA) is 74.7 Å². The number of hydrogen-bond acceptors (Lipinski definition) is 3. The molecule has 1 aliphatic rings. The van der Waals surface area contributed by atoms with Crippen LogP contribution in [0.2, 0.25) is 0 Å². The van der Waals surface area contributed by atoms with E-state index in [0.717, 1.165) is 0 Å². The normalized spacial score (nSPS) is 23.7. The zero-order valence-corrected chi connectivity index (χ0v) is 8.91. The number of rotatable bonds is 2. The summed E-state index contributed by atoms with van der Waals surface area (Å²) in [6.45, 7) is 7.04. The van der Waals surface area contributed by atoms with Gasteiger partial charge in [0.1, 0.15) is 5.25 Å². The fourth-order valence-corrected chi connectivity index (χ4v) is 2.40. The molecule has 0 spiro atoms. The molecule has 0 radical (unpaired) electrons. The van der Waals surface area contributed by atoms with E-state index in [1.54, 1.807) is 13.8 Å². The summed E-state index contributed by atoms with van der Waals surface area (Å²) in [4.78, 5) is 12.7. The fraction of sp³-hybridized carbons (Fsp3) is 0.625. The van der Waals surface area contributed by atoms with Gasteiger partial charge in [0.25, 0.3) is 10.1 Å². The zero-order valence-electron chi connectivity index (χ0n) is 8.10. The van der Waals surface area contributed by atoms with Crippen LogP contribution in [0.15, 0.2) is 12.3 Å². The molecule has 1 amide bonds. The monoisotopic (exact) mass is 219 g/mol. The summed E-state index contributed by atoms with van der Waals surface area (Å²) >= 11 is 0. The first-order valence-corrected chi connectivity index (χ1v) is 5.72. The molecule has 0 aliphatic carbocycles. The van der Waals surface area contributed by atoms with Crippen molar-refractivity contribution in [2.24, 2.45) is 0 Å². The minimum absolute atomic E-state index is 0.137. The SMILES string of the molecule is C=C1C(S(=O)(=O)O)CC(=O)N1C(C)C. The highest BCUT2D eigenvalue weighted by Crippen LogP contribution is 2.28. The molecular weight excluding hydrogens is 206 g/mol. The van der Waals surface area contributed by atoms with E-state index in [4.69, 9.17) is 4.55 Å². The van der Waals surface area contributed by atoms with Crippen molar-refractivity contribution in [2.45, 2.75) is 31.6 Å². The largest absolute Gasteiger partial charge is 0.313 e. The van der Waals surface area contributed by atoms with E-state index in [9.17, 15) is 13.2 Å². The van der Waals surface area contributed by atoms with Gasteiger partial charge in [0.05, 0.1) is 6.42 Å². The number of carbonyl (C=O) groups is 1. The van der Waals surface area contributed by atoms with E-state index in [1.807, 2.05) is 0 Å². The van der Waals surface area contributed by atoms with Gasteiger partial charge in [-0.05, 0) is 13.8 Å². The predicted octanol–water partition coefficient (Wildman–Crippen LogP) is 0.397. The van der Waals surface area contributed by atoms with E-state index >= 15 is 0 Å². The van der Waals surface area contributed by atoms with Gasteiger partial charge in [-0.25, -0.2) is 0 Å². The summed E-state index contributed by atoms with van der Waals surface area (Å²) in [6, 6.07) is -0.137. The number of nitrogens with zero attached hydrogens (tertiary/aromatic N) is 1. The van der Waals surface area contributed by atoms with Crippen LogP contribution in [0.4, 0.5) is 0 Å². The molecule has 6 heteroatoms. The van der Waals surface area contributed by atoms with Crippen LogP contribution in [0.5, 0.6) is 0 Å². The van der Waals surface area contributed by atoms with Crippen LogP contribution in [0.3, 0.4) is 0 Å². The maximum atomic E-state index is 11.4. The van der Waals surface area contributed by atoms with Crippen LogP contribution in [0.1, 0.15) is 20.3 Å². The van der Waals surface area contributed by atoms with Crippen molar-refractivity contribution in [3.63, 3.8) is 0 Å². The molecule has 1 saturated heterocycles. The number of likely N-dealkylation sites (tertiary alicyclic amines) is 1. The highest BCUT2D eigenvalue weighted by Gasteiger charge is 2.41. The number of carbonyl (C=O) groups excluding carboxylic acids is 1. The molecule has 5 nitrogen and oxygen atoms in total. The van der Waals surface area contributed by atoms with E-state index in [-0.39, 0.29) is 24.1 Å². The second-order valence-electron chi connectivity index (χ2n) is 3.56. The minimum atomic E-state index is -4.21. The van der Waals surface area contributed by atoms with Crippen LogP contribution >= 0.6 is 0 Å². The van der Waals surface area contributed by atoms with E-state index in [0.29, 0.717) is 0 Å². The Morgan fingerprint density at radius 2 is 2.07 bits per heavy atom. The van der Waals surface area contributed by atoms with Crippen LogP contribution in [0.25, 0.3) is 0 Å². The highest BCUT2D eigenvalue weighted by atomic mass is 32.2. The van der Waals surface area contributed by atoms with Crippen LogP contribution in [0, 0.1) is 0 Å². The van der Waals surface area contributed by atoms with Crippen molar-refractivity contribution in [2.75, 3.05) is 0 Å². The Bertz CT molecular complexity index is 371. The minimum Gasteiger partial charge on any atom is -0.313 e. The maximum absolute atomic E-state index is 11.4. The molecule has 14 heavy (non-hydrogen) atoms. The highest BCUT2D eigenvalue weighted by molar-refractivity contribution is 7.86. The summed E-state index contributed by atoms with van der Waals surface area (Å²) < 4.78 is 30.6. The molecule has 0 bridgehead atoms. The lowest BCUT2D eigenvalue weighted by molar-refractivity contribution is -0.127. The third kappa shape index (κ3) is 1.80. The molecular formula is C8H13NO4S. The third-order valence-corrected chi connectivity index (χ3v) is 3.34. The Hall–Kier alpha value is -0.880. The molecule has 1 unspecified atom stereocenters. The van der Waals surface area contributed by atoms with E-state index in [2.05, 4.69) is 6.58 Å². The van der Waals surface area contributed by atoms with Crippen LogP contribution in [-0.2, 0) is 14.9 Å². The zero-order chi connectivity index (χ0) is 11.1. The quantitative estimate of drug-likeness (QED) is 0.682. The van der Waals surface area contributed by atoms with Crippen LogP contribution < -0.4 is 0 Å². The van der Waals surface area contributed by atoms with Crippen molar-refractivity contribution in [1.29, 1.82) is 0 Å². The van der Waals surface area contributed by atoms with Crippen molar-refractivity contribution in [3.05, 3.63) is 12.3 Å². The number of hydrogen-bond donors (Lipinski definition) is 1. The van der Waals surface area contributed by atoms with Crippen molar-refractivity contribution < 1.29 is 17.8 Å². The van der Waals surface area contributed by atoms with Gasteiger partial charge in [0, 0.05) is 11.7 Å². The molecule has 0 aromatic carbocycles. The number of amides is 1. The van der Waals surface area contributed by atoms with E-state index < -0.39 is 15.4 Å². The molecule has 0 saturated carbocycles. The summed E-state index contributed by atoms with van der Waals surface area (Å²) in [5.74, 6) is -0.312. The van der Waals surface area contributed by atoms with Gasteiger partial charge < -0.3 is 4.90 Å². The van der Waals surface area contributed by atoms with Crippen molar-refractivity contribution >= 4 is 16.0 Å². The Kier molecular flexibility index (Phi) is 2.69. The van der Waals surface area contributed by atoms with Gasteiger partial charge in [-0.3, -0.25) is 9.35 Å². The lowest BCUT2D eigenvalue weighted by Gasteiger charge is -2.22. The Labute approximate surface area is 83.1 Å². The molecule has 0 aromatic heterocycles. The molecule has 1 atom stereocenters. The summed E-state index contributed by atoms with van der Waals surface area (Å²) in [7, 11) is -4.21. The third-order valence-electron chi connectivity index (χ3n) is 2.19. The molecule has 1 N–H and O–H groups in total. The Morgan fingerprint density at radius 3 is 2.29 bits per heavy atom. The van der Waals surface area contributed by atoms with Crippen molar-refractivity contribution in [3.8, 4) is 0 Å². The van der Waals surface area contributed by atoms with Gasteiger partial charge in [0.15, 0.2) is 0 Å². The summed E-state index contributed by atoms with van der Waals surface area (Å²) in [6.07, 6.45) is -0.212. The standard InChI is InChI=1S/C8H13NO4S/c1-5(2)9-6(3)7(4-8(9)10)14(11,12)13/h5,7H,3-4H2,1-2H3,(H,11,12,13). The van der Waals surface area contributed by atoms with Gasteiger partial charge in [0.2, 0.25) is 5.91 Å². The average Bonchev–Trinajstić information content (AvgIpc) is 2.24. The fourth-order valence-electron chi connectivity index (χ4n) is 1.59. The smallest absolute Gasteiger partial charge is 0.273 e. The first-order chi connectivity index (χ1) is 6.25. The van der Waals surface area contributed by atoms with Gasteiger partial charge in [-0.2, -0.15) is 8.42 Å². The van der Waals surface area contributed by atoms with Gasteiger partial charge in [-0.15, -0.1) is 0 Å². The maximum Gasteiger partial charge on any atom is 0.273 e. The Morgan fingerprint density at radius 1 is 1.57 bits per heavy atom. The van der Waals surface area contributed by atoms with Gasteiger partial charge >= 0.3 is 0 Å². The lowest BCUT2D eigenvalue weighted by atomic mass is 10.3. The average molecular weight is 219 g/mol. The molecule has 80 valence electrons. The lowest BCUT2D eigenvalue weighted by Crippen LogP contribution is -2.31. The molecule has 1 fully saturated rings. The first kappa shape index (κ1) is 11.2. The second-order valence-corrected chi connectivity index (χ2v) is 5.16. The van der Waals surface area contributed by atoms with Crippen molar-refractivity contribution in [1.82, 2.24) is 4.90 Å². The van der Waals surface area contributed by atoms with E-state index in [1.165, 1.54) is 4.90 Å². The predicted molar refractivity (Wildman–Crippen MR) is 51.1 cm³/mol. The van der Waals surface area contributed by atoms with Gasteiger partial charge in [-0.1, -0.05) is 6.58 Å². The first-order valence-electron chi connectivity index (χ1n) is 4.22. The summed E-state index contributed by atoms with van der Waals surface area (Å²) in [5.41, 5.74) is 0.160. The summed E-state index contributed by atoms with van der Waals surface area (Å²) in [5, 5.41) is -1.17. The molecule has 1 rings (SSSR count). The molecule has 1 aliphatic heterocycles. The van der Waals surface area contributed by atoms with Crippen LogP contribution in [-0.4, -0.2) is 35.1 Å². The Balaban J connectivity index is 3.02. The molecule has 0 aromatic rings. The molecule has 1 heterocycles.